The molecule has 0 aromatic heterocycles. The number of amides is 5. The number of hydrogen-bond acceptors (Lipinski definition) is 8. The molecule has 0 spiro atoms. The Labute approximate surface area is 173 Å². The van der Waals surface area contributed by atoms with Gasteiger partial charge in [-0.05, 0) is 0 Å². The maximum atomic E-state index is 11.8. The molecule has 1 N–H and O–H groups in total. The lowest BCUT2D eigenvalue weighted by molar-refractivity contribution is -0.142. The maximum Gasteiger partial charge on any atom is 0.253 e. The molecule has 2 rings (SSSR count). The van der Waals surface area contributed by atoms with E-state index >= 15 is 0 Å². The third kappa shape index (κ3) is 7.48. The van der Waals surface area contributed by atoms with Crippen LogP contribution in [-0.2, 0) is 38.2 Å². The van der Waals surface area contributed by atoms with Gasteiger partial charge in [0.15, 0.2) is 5.78 Å². The molecule has 1 fully saturated rings. The number of ketones is 1. The highest BCUT2D eigenvalue weighted by Crippen LogP contribution is 2.11. The van der Waals surface area contributed by atoms with Crippen LogP contribution in [0.1, 0.15) is 25.7 Å². The Hall–Kier alpha value is -2.92. The maximum absolute atomic E-state index is 11.8. The van der Waals surface area contributed by atoms with Gasteiger partial charge in [0.2, 0.25) is 17.7 Å². The van der Waals surface area contributed by atoms with Crippen LogP contribution in [0.15, 0.2) is 12.2 Å². The SMILES string of the molecule is O=C(CCOCCOCCNC(=O)CCN1C(=O)C=CC1=O)CN1C(=O)CCC1=O. The third-order valence-corrected chi connectivity index (χ3v) is 4.42. The summed E-state index contributed by atoms with van der Waals surface area (Å²) in [7, 11) is 0. The smallest absolute Gasteiger partial charge is 0.253 e. The molecule has 0 unspecified atom stereocenters. The van der Waals surface area contributed by atoms with Crippen molar-refractivity contribution in [2.45, 2.75) is 25.7 Å². The van der Waals surface area contributed by atoms with Gasteiger partial charge in [-0.25, -0.2) is 0 Å². The highest BCUT2D eigenvalue weighted by molar-refractivity contribution is 6.13. The second kappa shape index (κ2) is 11.9. The normalized spacial score (nSPS) is 16.1. The minimum atomic E-state index is -0.421. The zero-order valence-electron chi connectivity index (χ0n) is 16.6. The molecule has 11 nitrogen and oxygen atoms in total. The van der Waals surface area contributed by atoms with Gasteiger partial charge >= 0.3 is 0 Å². The number of nitrogens with zero attached hydrogens (tertiary/aromatic N) is 2. The Morgan fingerprint density at radius 3 is 2.07 bits per heavy atom. The van der Waals surface area contributed by atoms with E-state index in [0.717, 1.165) is 9.80 Å². The number of carbonyl (C=O) groups is 6. The van der Waals surface area contributed by atoms with Crippen LogP contribution in [0.25, 0.3) is 0 Å². The first kappa shape index (κ1) is 23.4. The van der Waals surface area contributed by atoms with Crippen molar-refractivity contribution in [1.29, 1.82) is 0 Å². The van der Waals surface area contributed by atoms with Crippen LogP contribution in [-0.4, -0.2) is 91.2 Å². The van der Waals surface area contributed by atoms with E-state index in [1.54, 1.807) is 0 Å². The number of nitrogens with one attached hydrogen (secondary N) is 1. The number of Topliss-reactive ketones (excluding diaryl/α,β-unsaturated/α-hetero) is 1. The Morgan fingerprint density at radius 1 is 0.833 bits per heavy atom. The predicted octanol–water partition coefficient (Wildman–Crippen LogP) is -1.44. The number of likely N-dealkylation sites (tertiary alicyclic amines) is 1. The van der Waals surface area contributed by atoms with Crippen LogP contribution < -0.4 is 5.32 Å². The van der Waals surface area contributed by atoms with Crippen molar-refractivity contribution in [3.05, 3.63) is 12.2 Å². The molecule has 11 heteroatoms. The zero-order chi connectivity index (χ0) is 21.9. The van der Waals surface area contributed by atoms with Gasteiger partial charge in [-0.2, -0.15) is 0 Å². The minimum absolute atomic E-state index is 0.0188. The molecule has 0 radical (unpaired) electrons. The topological polar surface area (TPSA) is 139 Å². The molecular weight excluding hydrogens is 398 g/mol. The zero-order valence-corrected chi connectivity index (χ0v) is 16.6. The fourth-order valence-electron chi connectivity index (χ4n) is 2.78. The Bertz CT molecular complexity index is 699. The number of imide groups is 2. The van der Waals surface area contributed by atoms with Gasteiger partial charge in [-0.1, -0.05) is 0 Å². The summed E-state index contributed by atoms with van der Waals surface area (Å²) in [6, 6.07) is 0. The average molecular weight is 423 g/mol. The Kier molecular flexibility index (Phi) is 9.29. The lowest BCUT2D eigenvalue weighted by atomic mass is 10.3. The molecule has 2 heterocycles. The van der Waals surface area contributed by atoms with E-state index in [9.17, 15) is 28.8 Å². The summed E-state index contributed by atoms with van der Waals surface area (Å²) >= 11 is 0. The van der Waals surface area contributed by atoms with Crippen molar-refractivity contribution in [2.24, 2.45) is 0 Å². The van der Waals surface area contributed by atoms with Crippen LogP contribution in [0.2, 0.25) is 0 Å². The van der Waals surface area contributed by atoms with Crippen molar-refractivity contribution in [2.75, 3.05) is 46.1 Å². The highest BCUT2D eigenvalue weighted by Gasteiger charge is 2.30. The minimum Gasteiger partial charge on any atom is -0.379 e. The van der Waals surface area contributed by atoms with E-state index in [0.29, 0.717) is 0 Å². The number of carbonyl (C=O) groups excluding carboxylic acids is 6. The summed E-state index contributed by atoms with van der Waals surface area (Å²) in [5.74, 6) is -2.01. The van der Waals surface area contributed by atoms with E-state index in [-0.39, 0.29) is 95.2 Å². The summed E-state index contributed by atoms with van der Waals surface area (Å²) in [6.45, 7) is 1.06. The summed E-state index contributed by atoms with van der Waals surface area (Å²) in [6.07, 6.45) is 2.78. The number of ether oxygens (including phenoxy) is 2. The average Bonchev–Trinajstić information content (AvgIpc) is 3.20. The van der Waals surface area contributed by atoms with Gasteiger partial charge in [0, 0.05) is 50.9 Å². The molecule has 0 aromatic carbocycles. The molecule has 30 heavy (non-hydrogen) atoms. The largest absolute Gasteiger partial charge is 0.379 e. The molecule has 0 aromatic rings. The molecule has 2 aliphatic heterocycles. The first-order valence-corrected chi connectivity index (χ1v) is 9.69. The molecule has 164 valence electrons. The third-order valence-electron chi connectivity index (χ3n) is 4.42. The van der Waals surface area contributed by atoms with Crippen molar-refractivity contribution in [3.8, 4) is 0 Å². The fourth-order valence-corrected chi connectivity index (χ4v) is 2.78. The van der Waals surface area contributed by atoms with E-state index < -0.39 is 11.8 Å². The Morgan fingerprint density at radius 2 is 1.43 bits per heavy atom. The van der Waals surface area contributed by atoms with Gasteiger partial charge in [-0.3, -0.25) is 38.6 Å². The summed E-state index contributed by atoms with van der Waals surface area (Å²) in [4.78, 5) is 71.0. The van der Waals surface area contributed by atoms with E-state index in [1.807, 2.05) is 0 Å². The lowest BCUT2D eigenvalue weighted by Gasteiger charge is -2.13. The van der Waals surface area contributed by atoms with Crippen molar-refractivity contribution in [3.63, 3.8) is 0 Å². The van der Waals surface area contributed by atoms with Gasteiger partial charge in [0.1, 0.15) is 0 Å². The van der Waals surface area contributed by atoms with Crippen LogP contribution in [0.4, 0.5) is 0 Å². The predicted molar refractivity (Wildman–Crippen MR) is 101 cm³/mol. The van der Waals surface area contributed by atoms with Crippen molar-refractivity contribution in [1.82, 2.24) is 15.1 Å². The van der Waals surface area contributed by atoms with Gasteiger partial charge < -0.3 is 14.8 Å². The second-order valence-electron chi connectivity index (χ2n) is 6.65. The first-order valence-electron chi connectivity index (χ1n) is 9.69. The van der Waals surface area contributed by atoms with Crippen LogP contribution >= 0.6 is 0 Å². The first-order chi connectivity index (χ1) is 14.4. The molecular formula is C19H25N3O8. The van der Waals surface area contributed by atoms with Crippen molar-refractivity contribution < 1.29 is 38.2 Å². The summed E-state index contributed by atoms with van der Waals surface area (Å²) < 4.78 is 10.6. The molecule has 0 atom stereocenters. The van der Waals surface area contributed by atoms with E-state index in [4.69, 9.17) is 9.47 Å². The van der Waals surface area contributed by atoms with Crippen LogP contribution in [0.3, 0.4) is 0 Å². The highest BCUT2D eigenvalue weighted by atomic mass is 16.5. The van der Waals surface area contributed by atoms with Crippen LogP contribution in [0, 0.1) is 0 Å². The number of hydrogen-bond donors (Lipinski definition) is 1. The van der Waals surface area contributed by atoms with Gasteiger partial charge in [-0.15, -0.1) is 0 Å². The quantitative estimate of drug-likeness (QED) is 0.265. The second-order valence-corrected chi connectivity index (χ2v) is 6.65. The van der Waals surface area contributed by atoms with E-state index in [2.05, 4.69) is 5.32 Å². The molecule has 0 saturated carbocycles. The van der Waals surface area contributed by atoms with Gasteiger partial charge in [0.05, 0.1) is 33.0 Å². The standard InChI is InChI=1S/C19H25N3O8/c23-14(13-22-18(27)3-4-19(22)28)6-9-29-11-12-30-10-7-20-15(24)5-8-21-16(25)1-2-17(21)26/h1-2H,3-13H2,(H,20,24). The Balaban J connectivity index is 1.40. The molecule has 1 saturated heterocycles. The number of rotatable bonds is 14. The molecule has 5 amide bonds. The summed E-state index contributed by atoms with van der Waals surface area (Å²) in [5, 5.41) is 2.62. The van der Waals surface area contributed by atoms with Gasteiger partial charge in [0.25, 0.3) is 11.8 Å². The van der Waals surface area contributed by atoms with Crippen LogP contribution in [0.5, 0.6) is 0 Å². The summed E-state index contributed by atoms with van der Waals surface area (Å²) in [5.41, 5.74) is 0. The van der Waals surface area contributed by atoms with E-state index in [1.165, 1.54) is 12.2 Å². The lowest BCUT2D eigenvalue weighted by Crippen LogP contribution is -2.35. The fraction of sp³-hybridized carbons (Fsp3) is 0.579. The van der Waals surface area contributed by atoms with Crippen molar-refractivity contribution >= 4 is 35.3 Å². The monoisotopic (exact) mass is 423 g/mol. The molecule has 0 bridgehead atoms. The molecule has 2 aliphatic rings. The molecule has 0 aliphatic carbocycles.